The normalized spacial score (nSPS) is 10.9. The van der Waals surface area contributed by atoms with Crippen LogP contribution >= 0.6 is 45.3 Å². The highest BCUT2D eigenvalue weighted by Gasteiger charge is 2.19. The molecule has 9 heteroatoms. The van der Waals surface area contributed by atoms with Gasteiger partial charge in [0.05, 0.1) is 26.2 Å². The van der Waals surface area contributed by atoms with Crippen LogP contribution in [0.5, 0.6) is 0 Å². The van der Waals surface area contributed by atoms with Crippen molar-refractivity contribution in [3.05, 3.63) is 89.6 Å². The molecule has 0 aromatic carbocycles. The number of ether oxygens (including phenoxy) is 1. The molecule has 0 radical (unpaired) electrons. The second-order valence-electron chi connectivity index (χ2n) is 7.31. The Balaban J connectivity index is 1.33. The zero-order valence-electron chi connectivity index (χ0n) is 17.9. The van der Waals surface area contributed by atoms with E-state index in [0.717, 1.165) is 19.5 Å². The lowest BCUT2D eigenvalue weighted by Crippen LogP contribution is -2.36. The van der Waals surface area contributed by atoms with Crippen molar-refractivity contribution in [2.75, 3.05) is 13.2 Å². The molecule has 0 saturated heterocycles. The smallest absolute Gasteiger partial charge is 0.249 e. The van der Waals surface area contributed by atoms with Gasteiger partial charge < -0.3 is 14.5 Å². The summed E-state index contributed by atoms with van der Waals surface area (Å²) in [5, 5.41) is 8.03. The van der Waals surface area contributed by atoms with Crippen LogP contribution in [0, 0.1) is 0 Å². The second-order valence-corrected chi connectivity index (χ2v) is 11.4. The first-order valence-electron chi connectivity index (χ1n) is 10.4. The molecule has 5 nitrogen and oxygen atoms in total. The van der Waals surface area contributed by atoms with Crippen LogP contribution in [0.1, 0.15) is 19.5 Å². The molecule has 0 fully saturated rings. The van der Waals surface area contributed by atoms with E-state index in [0.29, 0.717) is 26.2 Å². The molecule has 0 unspecified atom stereocenters. The highest BCUT2D eigenvalue weighted by Crippen LogP contribution is 2.19. The summed E-state index contributed by atoms with van der Waals surface area (Å²) in [5.74, 6) is -0.236. The van der Waals surface area contributed by atoms with Crippen LogP contribution in [-0.2, 0) is 40.5 Å². The average Bonchev–Trinajstić information content (AvgIpc) is 3.62. The van der Waals surface area contributed by atoms with Gasteiger partial charge in [-0.05, 0) is 45.8 Å². The minimum atomic E-state index is -0.118. The summed E-state index contributed by atoms with van der Waals surface area (Å²) < 4.78 is 5.63. The Morgan fingerprint density at radius 2 is 0.879 bits per heavy atom. The maximum absolute atomic E-state index is 12.9. The monoisotopic (exact) mass is 516 g/mol. The summed E-state index contributed by atoms with van der Waals surface area (Å²) in [5.41, 5.74) is 0. The Morgan fingerprint density at radius 3 is 1.12 bits per heavy atom. The Kier molecular flexibility index (Phi) is 8.85. The predicted molar refractivity (Wildman–Crippen MR) is 137 cm³/mol. The van der Waals surface area contributed by atoms with Crippen molar-refractivity contribution in [1.29, 1.82) is 0 Å². The Labute approximate surface area is 209 Å². The lowest BCUT2D eigenvalue weighted by molar-refractivity contribution is -0.143. The summed E-state index contributed by atoms with van der Waals surface area (Å²) in [6, 6.07) is 16.0. The van der Waals surface area contributed by atoms with Crippen molar-refractivity contribution in [3.8, 4) is 0 Å². The summed E-state index contributed by atoms with van der Waals surface area (Å²) in [6.07, 6.45) is 0. The van der Waals surface area contributed by atoms with Gasteiger partial charge in [0.25, 0.3) is 0 Å². The second kappa shape index (κ2) is 12.2. The molecule has 0 aliphatic rings. The van der Waals surface area contributed by atoms with E-state index in [-0.39, 0.29) is 25.0 Å². The van der Waals surface area contributed by atoms with Crippen molar-refractivity contribution >= 4 is 57.2 Å². The molecule has 4 heterocycles. The number of rotatable bonds is 12. The van der Waals surface area contributed by atoms with Crippen LogP contribution in [0.4, 0.5) is 0 Å². The van der Waals surface area contributed by atoms with E-state index in [1.165, 1.54) is 0 Å². The lowest BCUT2D eigenvalue weighted by Gasteiger charge is -2.23. The molecule has 0 bridgehead atoms. The summed E-state index contributed by atoms with van der Waals surface area (Å²) >= 11 is 6.51. The largest absolute Gasteiger partial charge is 0.362 e. The Morgan fingerprint density at radius 1 is 0.576 bits per heavy atom. The SMILES string of the molecule is O=C(COCC(=O)N(Cc1cccs1)Cc1cccs1)N(Cc1cccs1)Cc1cccs1. The van der Waals surface area contributed by atoms with Crippen LogP contribution < -0.4 is 0 Å². The van der Waals surface area contributed by atoms with Crippen molar-refractivity contribution in [2.45, 2.75) is 26.2 Å². The quantitative estimate of drug-likeness (QED) is 0.242. The van der Waals surface area contributed by atoms with E-state index in [9.17, 15) is 9.59 Å². The number of hydrogen-bond acceptors (Lipinski definition) is 7. The molecule has 0 spiro atoms. The third-order valence-corrected chi connectivity index (χ3v) is 8.31. The summed E-state index contributed by atoms with van der Waals surface area (Å²) in [6.45, 7) is 1.91. The first-order valence-corrected chi connectivity index (χ1v) is 13.9. The molecule has 0 atom stereocenters. The van der Waals surface area contributed by atoms with Gasteiger partial charge in [0.2, 0.25) is 11.8 Å². The summed E-state index contributed by atoms with van der Waals surface area (Å²) in [4.78, 5) is 34.0. The van der Waals surface area contributed by atoms with Crippen molar-refractivity contribution in [2.24, 2.45) is 0 Å². The number of thiophene rings is 4. The van der Waals surface area contributed by atoms with Gasteiger partial charge in [-0.25, -0.2) is 0 Å². The van der Waals surface area contributed by atoms with E-state index < -0.39 is 0 Å². The first kappa shape index (κ1) is 23.8. The van der Waals surface area contributed by atoms with Gasteiger partial charge in [0.1, 0.15) is 13.2 Å². The maximum atomic E-state index is 12.9. The van der Waals surface area contributed by atoms with Crippen molar-refractivity contribution in [1.82, 2.24) is 9.80 Å². The molecule has 0 N–H and O–H groups in total. The third-order valence-electron chi connectivity index (χ3n) is 4.86. The number of carbonyl (C=O) groups is 2. The maximum Gasteiger partial charge on any atom is 0.249 e. The van der Waals surface area contributed by atoms with Crippen LogP contribution in [0.2, 0.25) is 0 Å². The number of hydrogen-bond donors (Lipinski definition) is 0. The minimum Gasteiger partial charge on any atom is -0.362 e. The van der Waals surface area contributed by atoms with Gasteiger partial charge in [0, 0.05) is 19.5 Å². The van der Waals surface area contributed by atoms with Crippen LogP contribution in [-0.4, -0.2) is 34.8 Å². The van der Waals surface area contributed by atoms with E-state index in [2.05, 4.69) is 0 Å². The fraction of sp³-hybridized carbons (Fsp3) is 0.250. The van der Waals surface area contributed by atoms with E-state index in [4.69, 9.17) is 4.74 Å². The fourth-order valence-electron chi connectivity index (χ4n) is 3.24. The van der Waals surface area contributed by atoms with Crippen LogP contribution in [0.25, 0.3) is 0 Å². The van der Waals surface area contributed by atoms with E-state index in [1.807, 2.05) is 70.1 Å². The molecule has 4 aromatic heterocycles. The zero-order valence-corrected chi connectivity index (χ0v) is 21.2. The van der Waals surface area contributed by atoms with Gasteiger partial charge in [-0.1, -0.05) is 24.3 Å². The molecule has 4 rings (SSSR count). The molecule has 0 saturated carbocycles. The topological polar surface area (TPSA) is 49.9 Å². The molecule has 33 heavy (non-hydrogen) atoms. The molecule has 2 amide bonds. The zero-order chi connectivity index (χ0) is 22.9. The van der Waals surface area contributed by atoms with E-state index >= 15 is 0 Å². The van der Waals surface area contributed by atoms with Crippen molar-refractivity contribution < 1.29 is 14.3 Å². The summed E-state index contributed by atoms with van der Waals surface area (Å²) in [7, 11) is 0. The van der Waals surface area contributed by atoms with Gasteiger partial charge >= 0.3 is 0 Å². The van der Waals surface area contributed by atoms with Gasteiger partial charge in [-0.15, -0.1) is 45.3 Å². The van der Waals surface area contributed by atoms with Crippen molar-refractivity contribution in [3.63, 3.8) is 0 Å². The Hall–Kier alpha value is -2.30. The minimum absolute atomic E-state index is 0.117. The predicted octanol–water partition coefficient (Wildman–Crippen LogP) is 5.71. The molecular formula is C24H24N2O3S4. The molecule has 0 aliphatic heterocycles. The van der Waals surface area contributed by atoms with Gasteiger partial charge in [0.15, 0.2) is 0 Å². The average molecular weight is 517 g/mol. The standard InChI is InChI=1S/C24H24N2O3S4/c27-23(25(13-19-5-1-9-30-19)14-20-6-2-10-31-20)17-29-18-24(28)26(15-21-7-3-11-32-21)16-22-8-4-12-33-22/h1-12H,13-18H2. The lowest BCUT2D eigenvalue weighted by atomic mass is 10.3. The number of carbonyl (C=O) groups excluding carboxylic acids is 2. The molecule has 4 aromatic rings. The van der Waals surface area contributed by atoms with Crippen LogP contribution in [0.15, 0.2) is 70.1 Å². The highest BCUT2D eigenvalue weighted by molar-refractivity contribution is 7.10. The van der Waals surface area contributed by atoms with Gasteiger partial charge in [-0.2, -0.15) is 0 Å². The third kappa shape index (κ3) is 7.35. The van der Waals surface area contributed by atoms with Gasteiger partial charge in [-0.3, -0.25) is 9.59 Å². The number of nitrogens with zero attached hydrogens (tertiary/aromatic N) is 2. The molecule has 0 aliphatic carbocycles. The molecule has 172 valence electrons. The molecular weight excluding hydrogens is 493 g/mol. The highest BCUT2D eigenvalue weighted by atomic mass is 32.1. The Bertz CT molecular complexity index is 930. The van der Waals surface area contributed by atoms with Crippen LogP contribution in [0.3, 0.4) is 0 Å². The van der Waals surface area contributed by atoms with E-state index in [1.54, 1.807) is 55.1 Å². The first-order chi connectivity index (χ1) is 16.2. The fourth-order valence-corrected chi connectivity index (χ4v) is 6.11. The number of amides is 2.